The maximum atomic E-state index is 14.9. The van der Waals surface area contributed by atoms with E-state index >= 15 is 0 Å². The second-order valence-electron chi connectivity index (χ2n) is 31.8. The third-order valence-corrected chi connectivity index (χ3v) is 26.7. The predicted molar refractivity (Wildman–Crippen MR) is 433 cm³/mol. The van der Waals surface area contributed by atoms with Crippen LogP contribution in [0.25, 0.3) is 56.5 Å². The highest BCUT2D eigenvalue weighted by Crippen LogP contribution is 2.58. The molecule has 3 fully saturated rings. The fraction of sp³-hybridized carbons (Fsp3) is 0.429. The van der Waals surface area contributed by atoms with Crippen molar-refractivity contribution >= 4 is 52.2 Å². The fourth-order valence-corrected chi connectivity index (χ4v) is 20.8. The normalized spacial score (nSPS) is 25.9. The molecule has 5 aromatic carbocycles. The van der Waals surface area contributed by atoms with Gasteiger partial charge in [0, 0.05) is 109 Å². The summed E-state index contributed by atoms with van der Waals surface area (Å²) in [6.45, 7) is 17.0. The van der Waals surface area contributed by atoms with Crippen LogP contribution in [0.3, 0.4) is 0 Å². The van der Waals surface area contributed by atoms with E-state index in [1.807, 2.05) is 20.8 Å². The molecule has 5 heterocycles. The van der Waals surface area contributed by atoms with Gasteiger partial charge in [-0.3, -0.25) is 14.4 Å². The topological polar surface area (TPSA) is 180 Å². The molecule has 0 saturated heterocycles. The molecule has 588 valence electrons. The number of aromatic nitrogens is 9. The van der Waals surface area contributed by atoms with Crippen LogP contribution in [0.1, 0.15) is 212 Å². The Balaban J connectivity index is 0.000000149. The van der Waals surface area contributed by atoms with Crippen LogP contribution >= 0.6 is 34.8 Å². The maximum absolute atomic E-state index is 14.9. The van der Waals surface area contributed by atoms with Crippen molar-refractivity contribution in [2.75, 3.05) is 0 Å². The summed E-state index contributed by atoms with van der Waals surface area (Å²) in [7, 11) is 0. The van der Waals surface area contributed by atoms with Gasteiger partial charge in [-0.05, 0) is 185 Å². The van der Waals surface area contributed by atoms with Crippen molar-refractivity contribution in [3.63, 3.8) is 0 Å². The molecule has 0 radical (unpaired) electrons. The Morgan fingerprint density at radius 3 is 1.04 bits per heavy atom. The molecule has 3 saturated carbocycles. The van der Waals surface area contributed by atoms with E-state index in [2.05, 4.69) is 59.7 Å². The lowest BCUT2D eigenvalue weighted by atomic mass is 9.56. The van der Waals surface area contributed by atoms with Gasteiger partial charge in [0.2, 0.25) is 10.6 Å². The summed E-state index contributed by atoms with van der Waals surface area (Å²) in [5, 5.41) is 4.86. The third kappa shape index (κ3) is 14.7. The van der Waals surface area contributed by atoms with Gasteiger partial charge in [-0.1, -0.05) is 163 Å². The molecule has 12 atom stereocenters. The van der Waals surface area contributed by atoms with Crippen LogP contribution < -0.4 is 0 Å². The van der Waals surface area contributed by atoms with Crippen molar-refractivity contribution in [3.05, 3.63) is 229 Å². The molecule has 0 amide bonds. The van der Waals surface area contributed by atoms with Crippen molar-refractivity contribution in [2.45, 2.75) is 209 Å². The van der Waals surface area contributed by atoms with Gasteiger partial charge in [-0.2, -0.15) is 0 Å². The van der Waals surface area contributed by atoms with E-state index < -0.39 is 11.6 Å². The highest BCUT2D eigenvalue weighted by Gasteiger charge is 2.54. The van der Waals surface area contributed by atoms with Crippen molar-refractivity contribution in [1.29, 1.82) is 0 Å². The molecule has 10 aromatic rings. The predicted octanol–water partition coefficient (Wildman–Crippen LogP) is 23.1. The monoisotopic (exact) mass is 1580 g/mol. The molecule has 0 bridgehead atoms. The molecule has 8 aliphatic carbocycles. The minimum Gasteiger partial charge on any atom is -0.361 e. The van der Waals surface area contributed by atoms with Gasteiger partial charge < -0.3 is 4.52 Å². The molecule has 0 spiro atoms. The van der Waals surface area contributed by atoms with E-state index in [0.29, 0.717) is 105 Å². The summed E-state index contributed by atoms with van der Waals surface area (Å²) in [6, 6.07) is 32.7. The van der Waals surface area contributed by atoms with E-state index in [-0.39, 0.29) is 132 Å². The van der Waals surface area contributed by atoms with Crippen LogP contribution in [0.2, 0.25) is 15.7 Å². The first-order chi connectivity index (χ1) is 51.7. The van der Waals surface area contributed by atoms with Crippen LogP contribution in [-0.4, -0.2) is 62.4 Å². The first-order valence-electron chi connectivity index (χ1n) is 37.6. The number of Topliss-reactive ketones (excluding diaryl/α,β-unsaturated/α-hetero) is 3. The van der Waals surface area contributed by atoms with Gasteiger partial charge in [-0.15, -0.1) is 0 Å². The molecule has 13 nitrogen and oxygen atoms in total. The number of nitrogens with zero attached hydrogens (tertiary/aromatic N) is 9. The van der Waals surface area contributed by atoms with Crippen LogP contribution in [-0.2, 0) is 68.1 Å². The minimum atomic E-state index is -0.411. The lowest BCUT2D eigenvalue weighted by molar-refractivity contribution is -0.129. The minimum absolute atomic E-state index is 0. The van der Waals surface area contributed by atoms with Gasteiger partial charge in [0.1, 0.15) is 57.3 Å². The summed E-state index contributed by atoms with van der Waals surface area (Å²) in [5.41, 5.74) is 11.2. The zero-order chi connectivity index (χ0) is 76.0. The van der Waals surface area contributed by atoms with Crippen molar-refractivity contribution in [2.24, 2.45) is 41.4 Å². The summed E-state index contributed by atoms with van der Waals surface area (Å²) >= 11 is 18.4. The second-order valence-corrected chi connectivity index (χ2v) is 32.9. The summed E-state index contributed by atoms with van der Waals surface area (Å²) < 4.78 is 79.2. The Morgan fingerprint density at radius 2 is 0.670 bits per heavy atom. The Morgan fingerprint density at radius 1 is 0.366 bits per heavy atom. The Kier molecular flexibility index (Phi) is 24.7. The van der Waals surface area contributed by atoms with Crippen LogP contribution in [0.15, 0.2) is 132 Å². The standard InChI is InChI=1S/C27H23F2N3O.C26H24F2N2O.C20H20ClFN2O.C14H16Cl2N2O.4CH4/c1-15-20-12-11-19-23(17-7-3-5-9-21(17)28)31-26(18-8-4-6-10-22(18)29)32-25(19)27(20,2)13-16-14-30-33-24(15)16;1-15-19-12-11-18-23(16-7-3-5-9-20(16)27)29-25(17-8-4-6-10-21(17)28)30-24(18)26(19,2)14-13-22(15)31;1-11-14-8-7-13-17(12-5-3-4-6-15(12)22)23-19(21)24-18(13)20(14,2)10-9-16(11)25;1-7-9-4-3-8-11(17-13(16)18-12(8)15)14(9,2)6-5-10(7)19;;;;/h3-10,14-15,20H,11-13H2,1-2H3;3-10,15,19H,11-14H2,1-2H3;3-6,11,14H,7-10H2,1-2H3;7,9H,3-6H2,1-2H3;4*1H4/t15-,20-,27-;15-,19-,26-;11-,14-,20-;7-,9-,14-;;;;/m1111..../s1. The first-order valence-corrected chi connectivity index (χ1v) is 38.7. The number of hydrogen-bond donors (Lipinski definition) is 0. The summed E-state index contributed by atoms with van der Waals surface area (Å²) in [5.74, 6) is 1.97. The van der Waals surface area contributed by atoms with E-state index in [0.717, 1.165) is 121 Å². The summed E-state index contributed by atoms with van der Waals surface area (Å²) in [6.07, 6.45) is 13.1. The third-order valence-electron chi connectivity index (χ3n) is 26.1. The Labute approximate surface area is 669 Å². The average molecular weight is 1580 g/mol. The van der Waals surface area contributed by atoms with E-state index in [1.165, 1.54) is 30.3 Å². The quantitative estimate of drug-likeness (QED) is 0.0903. The van der Waals surface area contributed by atoms with Gasteiger partial charge in [0.05, 0.1) is 57.2 Å². The lowest BCUT2D eigenvalue weighted by Gasteiger charge is -2.48. The number of rotatable bonds is 5. The molecule has 21 heteroatoms. The number of carbonyl (C=O) groups is 3. The number of benzene rings is 5. The molecule has 0 N–H and O–H groups in total. The zero-order valence-corrected chi connectivity index (χ0v) is 63.8. The number of ketones is 3. The number of carbonyl (C=O) groups excluding carboxylic acids is 3. The van der Waals surface area contributed by atoms with Crippen molar-refractivity contribution in [1.82, 2.24) is 45.0 Å². The van der Waals surface area contributed by atoms with Gasteiger partial charge in [0.15, 0.2) is 11.6 Å². The smallest absolute Gasteiger partial charge is 0.224 e. The van der Waals surface area contributed by atoms with Crippen LogP contribution in [0.5, 0.6) is 0 Å². The lowest BCUT2D eigenvalue weighted by Crippen LogP contribution is -2.47. The largest absolute Gasteiger partial charge is 0.361 e. The van der Waals surface area contributed by atoms with Gasteiger partial charge in [-0.25, -0.2) is 61.8 Å². The molecule has 112 heavy (non-hydrogen) atoms. The average Bonchev–Trinajstić information content (AvgIpc) is 1.08. The Hall–Kier alpha value is -8.84. The molecule has 0 unspecified atom stereocenters. The van der Waals surface area contributed by atoms with Gasteiger partial charge >= 0.3 is 0 Å². The highest BCUT2D eigenvalue weighted by molar-refractivity contribution is 6.32. The molecular weight excluding hydrogens is 1480 g/mol. The maximum Gasteiger partial charge on any atom is 0.224 e. The SMILES string of the molecule is C.C.C.C.C[C@H]1C(=O)CC[C@@]2(C)c3nc(-c4ccccc4F)nc(-c4ccccc4F)c3CC[C@H]12.C[C@H]1C(=O)CC[C@@]2(C)c3nc(Cl)nc(-c4ccccc4F)c3CC[C@H]12.C[C@H]1C(=O)CC[C@@]2(C)c3nc(Cl)nc(Cl)c3CC[C@H]12.C[C@H]1c2oncc2C[C@@]2(C)c3nc(-c4ccccc4F)nc(-c4ccccc4F)c3CC[C@H]12. The number of hydrogen-bond acceptors (Lipinski definition) is 13. The van der Waals surface area contributed by atoms with Crippen LogP contribution in [0, 0.1) is 70.5 Å². The summed E-state index contributed by atoms with van der Waals surface area (Å²) in [4.78, 5) is 73.3. The molecule has 8 aliphatic rings. The van der Waals surface area contributed by atoms with E-state index in [4.69, 9.17) is 59.3 Å². The van der Waals surface area contributed by atoms with Gasteiger partial charge in [0.25, 0.3) is 0 Å². The Bertz CT molecular complexity index is 5260. The molecule has 18 rings (SSSR count). The number of halogens is 8. The second kappa shape index (κ2) is 32.9. The highest BCUT2D eigenvalue weighted by atomic mass is 35.5. The number of fused-ring (bicyclic) bond motifs is 13. The molecular formula is C91H99Cl3F5N9O4. The van der Waals surface area contributed by atoms with Crippen molar-refractivity contribution in [3.8, 4) is 56.5 Å². The molecule has 5 aromatic heterocycles. The first kappa shape index (κ1) is 84.1. The van der Waals surface area contributed by atoms with Crippen molar-refractivity contribution < 1.29 is 40.9 Å². The molecule has 0 aliphatic heterocycles. The zero-order valence-electron chi connectivity index (χ0n) is 61.5. The van der Waals surface area contributed by atoms with E-state index in [1.54, 1.807) is 97.2 Å². The fourth-order valence-electron chi connectivity index (χ4n) is 20.2. The van der Waals surface area contributed by atoms with Crippen LogP contribution in [0.4, 0.5) is 22.0 Å². The van der Waals surface area contributed by atoms with E-state index in [9.17, 15) is 36.3 Å².